The number of hydrogen-bond acceptors (Lipinski definition) is 4. The van der Waals surface area contributed by atoms with Gasteiger partial charge in [-0.2, -0.15) is 13.2 Å². The van der Waals surface area contributed by atoms with Crippen molar-refractivity contribution in [1.29, 1.82) is 0 Å². The van der Waals surface area contributed by atoms with E-state index in [2.05, 4.69) is 4.98 Å². The Bertz CT molecular complexity index is 588. The second-order valence-electron chi connectivity index (χ2n) is 3.98. The van der Waals surface area contributed by atoms with E-state index in [4.69, 9.17) is 10.5 Å². The number of halogens is 3. The Morgan fingerprint density at radius 3 is 2.47 bits per heavy atom. The Morgan fingerprint density at radius 1 is 1.26 bits per heavy atom. The van der Waals surface area contributed by atoms with Crippen LogP contribution in [0.2, 0.25) is 0 Å². The van der Waals surface area contributed by atoms with Crippen LogP contribution in [0.5, 0.6) is 10.9 Å². The maximum atomic E-state index is 12.9. The third-order valence-electron chi connectivity index (χ3n) is 2.52. The van der Waals surface area contributed by atoms with Crippen LogP contribution >= 0.6 is 11.3 Å². The third kappa shape index (κ3) is 2.98. The fourth-order valence-electron chi connectivity index (χ4n) is 1.44. The summed E-state index contributed by atoms with van der Waals surface area (Å²) in [5, 5.41) is 0.185. The Kier molecular flexibility index (Phi) is 3.40. The van der Waals surface area contributed by atoms with Crippen LogP contribution in [0.1, 0.15) is 16.1 Å². The first-order valence-corrected chi connectivity index (χ1v) is 6.17. The number of aryl methyl sites for hydroxylation is 2. The zero-order valence-electron chi connectivity index (χ0n) is 10.2. The van der Waals surface area contributed by atoms with Crippen LogP contribution in [-0.4, -0.2) is 4.98 Å². The van der Waals surface area contributed by atoms with E-state index in [1.165, 1.54) is 23.5 Å². The molecule has 2 N–H and O–H groups in total. The van der Waals surface area contributed by atoms with Crippen LogP contribution in [0.15, 0.2) is 18.2 Å². The van der Waals surface area contributed by atoms with Gasteiger partial charge in [-0.15, -0.1) is 0 Å². The monoisotopic (exact) mass is 288 g/mol. The van der Waals surface area contributed by atoms with E-state index in [1.54, 1.807) is 6.92 Å². The molecule has 3 nitrogen and oxygen atoms in total. The summed E-state index contributed by atoms with van der Waals surface area (Å²) in [4.78, 5) is 4.95. The van der Waals surface area contributed by atoms with Gasteiger partial charge in [-0.1, -0.05) is 11.3 Å². The highest BCUT2D eigenvalue weighted by Crippen LogP contribution is 2.40. The van der Waals surface area contributed by atoms with Crippen molar-refractivity contribution in [3.63, 3.8) is 0 Å². The van der Waals surface area contributed by atoms with E-state index >= 15 is 0 Å². The molecule has 19 heavy (non-hydrogen) atoms. The van der Waals surface area contributed by atoms with Gasteiger partial charge in [-0.3, -0.25) is 0 Å². The number of aromatic nitrogens is 1. The Morgan fingerprint density at radius 2 is 1.95 bits per heavy atom. The maximum absolute atomic E-state index is 12.9. The summed E-state index contributed by atoms with van der Waals surface area (Å²) >= 11 is 1.20. The average molecular weight is 288 g/mol. The van der Waals surface area contributed by atoms with E-state index in [0.29, 0.717) is 0 Å². The van der Waals surface area contributed by atoms with Gasteiger partial charge < -0.3 is 10.5 Å². The minimum atomic E-state index is -4.52. The van der Waals surface area contributed by atoms with Gasteiger partial charge in [0, 0.05) is 10.6 Å². The molecule has 1 aromatic heterocycles. The molecule has 0 atom stereocenters. The van der Waals surface area contributed by atoms with Crippen LogP contribution in [0, 0.1) is 13.8 Å². The third-order valence-corrected chi connectivity index (χ3v) is 3.47. The van der Waals surface area contributed by atoms with E-state index in [0.717, 1.165) is 16.6 Å². The number of nitrogen functional groups attached to an aromatic ring is 1. The molecule has 0 aliphatic rings. The summed E-state index contributed by atoms with van der Waals surface area (Å²) in [6.45, 7) is 3.60. The van der Waals surface area contributed by atoms with Crippen molar-refractivity contribution in [3.05, 3.63) is 34.3 Å². The molecule has 0 fully saturated rings. The molecule has 2 rings (SSSR count). The summed E-state index contributed by atoms with van der Waals surface area (Å²) in [7, 11) is 0. The molecule has 0 unspecified atom stereocenters. The van der Waals surface area contributed by atoms with E-state index in [9.17, 15) is 13.2 Å². The molecule has 7 heteroatoms. The molecule has 0 radical (unpaired) electrons. The summed E-state index contributed by atoms with van der Waals surface area (Å²) < 4.78 is 43.8. The van der Waals surface area contributed by atoms with Crippen LogP contribution in [0.25, 0.3) is 0 Å². The highest BCUT2D eigenvalue weighted by molar-refractivity contribution is 7.13. The smallest absolute Gasteiger partial charge is 0.420 e. The van der Waals surface area contributed by atoms with Crippen molar-refractivity contribution in [2.75, 3.05) is 5.73 Å². The normalized spacial score (nSPS) is 11.6. The van der Waals surface area contributed by atoms with Gasteiger partial charge in [0.1, 0.15) is 11.3 Å². The van der Waals surface area contributed by atoms with Crippen molar-refractivity contribution < 1.29 is 17.9 Å². The molecule has 2 aromatic rings. The molecule has 0 amide bonds. The molecule has 0 spiro atoms. The fourth-order valence-corrected chi connectivity index (χ4v) is 2.21. The van der Waals surface area contributed by atoms with Gasteiger partial charge in [-0.05, 0) is 32.0 Å². The number of anilines is 1. The number of hydrogen-bond donors (Lipinski definition) is 1. The van der Waals surface area contributed by atoms with Gasteiger partial charge in [0.05, 0.1) is 5.69 Å². The van der Waals surface area contributed by atoms with Crippen molar-refractivity contribution in [1.82, 2.24) is 4.98 Å². The van der Waals surface area contributed by atoms with Gasteiger partial charge in [0.2, 0.25) is 0 Å². The minimum absolute atomic E-state index is 0.0335. The quantitative estimate of drug-likeness (QED) is 0.844. The number of thiazole rings is 1. The van der Waals surface area contributed by atoms with Crippen LogP contribution in [0.4, 0.5) is 18.9 Å². The predicted molar refractivity (Wildman–Crippen MR) is 67.5 cm³/mol. The summed E-state index contributed by atoms with van der Waals surface area (Å²) in [6, 6.07) is 3.41. The minimum Gasteiger partial charge on any atom is -0.430 e. The lowest BCUT2D eigenvalue weighted by Crippen LogP contribution is -2.08. The number of rotatable bonds is 2. The van der Waals surface area contributed by atoms with E-state index < -0.39 is 11.7 Å². The molecular formula is C12H11F3N2OS. The summed E-state index contributed by atoms with van der Waals surface area (Å²) in [6.07, 6.45) is -4.52. The number of alkyl halides is 3. The number of nitrogens with zero attached hydrogens (tertiary/aromatic N) is 1. The van der Waals surface area contributed by atoms with Crippen molar-refractivity contribution >= 4 is 17.0 Å². The van der Waals surface area contributed by atoms with Crippen LogP contribution in [0.3, 0.4) is 0 Å². The van der Waals surface area contributed by atoms with Crippen LogP contribution in [-0.2, 0) is 6.18 Å². The topological polar surface area (TPSA) is 48.1 Å². The molecule has 0 bridgehead atoms. The molecule has 1 heterocycles. The summed E-state index contributed by atoms with van der Waals surface area (Å²) in [5.74, 6) is -0.296. The van der Waals surface area contributed by atoms with E-state index in [-0.39, 0.29) is 16.6 Å². The van der Waals surface area contributed by atoms with Gasteiger partial charge in [-0.25, -0.2) is 4.98 Å². The van der Waals surface area contributed by atoms with Gasteiger partial charge in [0.15, 0.2) is 0 Å². The predicted octanol–water partition coefficient (Wildman–Crippen LogP) is 4.15. The zero-order valence-corrected chi connectivity index (χ0v) is 11.0. The molecule has 102 valence electrons. The fraction of sp³-hybridized carbons (Fsp3) is 0.250. The van der Waals surface area contributed by atoms with Crippen molar-refractivity contribution in [3.8, 4) is 10.9 Å². The lowest BCUT2D eigenvalue weighted by Gasteiger charge is -2.12. The lowest BCUT2D eigenvalue weighted by atomic mass is 10.1. The Labute approximate surface area is 111 Å². The Balaban J connectivity index is 2.40. The summed E-state index contributed by atoms with van der Waals surface area (Å²) in [5.41, 5.74) is 5.25. The first kappa shape index (κ1) is 13.7. The largest absolute Gasteiger partial charge is 0.430 e. The molecule has 0 saturated carbocycles. The molecule has 0 aliphatic heterocycles. The number of ether oxygens (including phenoxy) is 1. The van der Waals surface area contributed by atoms with Crippen molar-refractivity contribution in [2.45, 2.75) is 20.0 Å². The second kappa shape index (κ2) is 4.73. The molecule has 1 aromatic carbocycles. The number of benzene rings is 1. The van der Waals surface area contributed by atoms with Gasteiger partial charge >= 0.3 is 6.18 Å². The maximum Gasteiger partial charge on any atom is 0.420 e. The second-order valence-corrected chi connectivity index (χ2v) is 5.14. The lowest BCUT2D eigenvalue weighted by molar-refractivity contribution is -0.138. The highest BCUT2D eigenvalue weighted by atomic mass is 32.1. The number of nitrogens with two attached hydrogens (primary N) is 1. The van der Waals surface area contributed by atoms with E-state index in [1.807, 2.05) is 6.92 Å². The van der Waals surface area contributed by atoms with Crippen molar-refractivity contribution in [2.24, 2.45) is 0 Å². The van der Waals surface area contributed by atoms with Crippen LogP contribution < -0.4 is 10.5 Å². The zero-order chi connectivity index (χ0) is 14.2. The average Bonchev–Trinajstić information content (AvgIpc) is 2.59. The highest BCUT2D eigenvalue weighted by Gasteiger charge is 2.35. The first-order chi connectivity index (χ1) is 8.77. The SMILES string of the molecule is Cc1nc(Oc2ccc(N)cc2C(F)(F)F)sc1C. The first-order valence-electron chi connectivity index (χ1n) is 5.36. The van der Waals surface area contributed by atoms with Gasteiger partial charge in [0.25, 0.3) is 5.19 Å². The standard InChI is InChI=1S/C12H11F3N2OS/c1-6-7(2)19-11(17-6)18-10-4-3-8(16)5-9(10)12(13,14)15/h3-5H,16H2,1-2H3. The Hall–Kier alpha value is -1.76. The molecular weight excluding hydrogens is 277 g/mol. The molecule has 0 aliphatic carbocycles. The molecule has 0 saturated heterocycles.